The van der Waals surface area contributed by atoms with Crippen LogP contribution in [0.15, 0.2) is 46.9 Å². The number of hydrogen-bond acceptors (Lipinski definition) is 4. The van der Waals surface area contributed by atoms with E-state index in [9.17, 15) is 4.79 Å². The first-order valence-electron chi connectivity index (χ1n) is 7.39. The van der Waals surface area contributed by atoms with E-state index in [-0.39, 0.29) is 0 Å². The molecule has 0 saturated heterocycles. The number of aryl methyl sites for hydroxylation is 2. The first-order chi connectivity index (χ1) is 11.1. The van der Waals surface area contributed by atoms with Crippen molar-refractivity contribution in [3.05, 3.63) is 65.0 Å². The van der Waals surface area contributed by atoms with Crippen molar-refractivity contribution in [2.24, 2.45) is 0 Å². The topological polar surface area (TPSA) is 64.4 Å². The van der Waals surface area contributed by atoms with Crippen molar-refractivity contribution in [3.63, 3.8) is 0 Å². The molecule has 0 saturated carbocycles. The van der Waals surface area contributed by atoms with Crippen LogP contribution < -0.4 is 5.32 Å². The van der Waals surface area contributed by atoms with Crippen LogP contribution in [-0.2, 0) is 4.74 Å². The molecule has 5 nitrogen and oxygen atoms in total. The lowest BCUT2D eigenvalue weighted by atomic mass is 10.0. The predicted molar refractivity (Wildman–Crippen MR) is 87.3 cm³/mol. The van der Waals surface area contributed by atoms with Crippen molar-refractivity contribution >= 4 is 17.2 Å². The molecule has 0 spiro atoms. The standard InChI is InChI=1S/C18H18N2O3/c1-11-8-9-15-14(10-11)20-17(22-15)16(23-18(21)19-3)13-7-5-4-6-12(13)2/h4-10,16H,1-3H3,(H,19,21). The molecule has 1 N–H and O–H groups in total. The molecule has 23 heavy (non-hydrogen) atoms. The van der Waals surface area contributed by atoms with Gasteiger partial charge >= 0.3 is 6.09 Å². The maximum atomic E-state index is 11.7. The number of carbonyl (C=O) groups excluding carboxylic acids is 1. The lowest BCUT2D eigenvalue weighted by Gasteiger charge is -2.16. The Morgan fingerprint density at radius 1 is 1.22 bits per heavy atom. The summed E-state index contributed by atoms with van der Waals surface area (Å²) in [6, 6.07) is 13.5. The molecule has 3 rings (SSSR count). The van der Waals surface area contributed by atoms with Gasteiger partial charge in [0.05, 0.1) is 0 Å². The summed E-state index contributed by atoms with van der Waals surface area (Å²) in [7, 11) is 1.52. The highest BCUT2D eigenvalue weighted by Gasteiger charge is 2.25. The lowest BCUT2D eigenvalue weighted by molar-refractivity contribution is 0.105. The number of benzene rings is 2. The molecule has 3 aromatic rings. The van der Waals surface area contributed by atoms with Gasteiger partial charge in [0, 0.05) is 12.6 Å². The largest absolute Gasteiger partial charge is 0.436 e. The van der Waals surface area contributed by atoms with Gasteiger partial charge in [-0.3, -0.25) is 0 Å². The second kappa shape index (κ2) is 6.12. The van der Waals surface area contributed by atoms with E-state index in [1.807, 2.05) is 56.3 Å². The number of fused-ring (bicyclic) bond motifs is 1. The van der Waals surface area contributed by atoms with E-state index in [0.717, 1.165) is 22.2 Å². The van der Waals surface area contributed by atoms with Crippen LogP contribution >= 0.6 is 0 Å². The van der Waals surface area contributed by atoms with Gasteiger partial charge < -0.3 is 14.5 Å². The normalized spacial score (nSPS) is 12.1. The highest BCUT2D eigenvalue weighted by Crippen LogP contribution is 2.30. The molecule has 1 amide bonds. The number of amides is 1. The minimum Gasteiger partial charge on any atom is -0.436 e. The summed E-state index contributed by atoms with van der Waals surface area (Å²) >= 11 is 0. The molecule has 1 atom stereocenters. The summed E-state index contributed by atoms with van der Waals surface area (Å²) in [4.78, 5) is 16.3. The third kappa shape index (κ3) is 3.04. The Balaban J connectivity index is 2.09. The SMILES string of the molecule is CNC(=O)OC(c1nc2cc(C)ccc2o1)c1ccccc1C. The molecule has 0 fully saturated rings. The molecule has 1 aromatic heterocycles. The van der Waals surface area contributed by atoms with Gasteiger partial charge in [0.25, 0.3) is 0 Å². The number of nitrogens with zero attached hydrogens (tertiary/aromatic N) is 1. The fraction of sp³-hybridized carbons (Fsp3) is 0.222. The van der Waals surface area contributed by atoms with E-state index in [0.29, 0.717) is 11.5 Å². The summed E-state index contributed by atoms with van der Waals surface area (Å²) in [6.45, 7) is 3.95. The zero-order valence-electron chi connectivity index (χ0n) is 13.3. The van der Waals surface area contributed by atoms with E-state index in [2.05, 4.69) is 10.3 Å². The van der Waals surface area contributed by atoms with Crippen LogP contribution in [0.3, 0.4) is 0 Å². The van der Waals surface area contributed by atoms with E-state index in [4.69, 9.17) is 9.15 Å². The molecule has 0 radical (unpaired) electrons. The van der Waals surface area contributed by atoms with Crippen LogP contribution in [0.5, 0.6) is 0 Å². The van der Waals surface area contributed by atoms with Crippen LogP contribution in [0.4, 0.5) is 4.79 Å². The summed E-state index contributed by atoms with van der Waals surface area (Å²) < 4.78 is 11.3. The third-order valence-electron chi connectivity index (χ3n) is 3.68. The van der Waals surface area contributed by atoms with Crippen molar-refractivity contribution in [2.45, 2.75) is 20.0 Å². The number of carbonyl (C=O) groups is 1. The monoisotopic (exact) mass is 310 g/mol. The maximum absolute atomic E-state index is 11.7. The molecule has 1 heterocycles. The minimum absolute atomic E-state index is 0.364. The number of aromatic nitrogens is 1. The van der Waals surface area contributed by atoms with Gasteiger partial charge in [-0.2, -0.15) is 0 Å². The van der Waals surface area contributed by atoms with Gasteiger partial charge in [-0.25, -0.2) is 9.78 Å². The number of ether oxygens (including phenoxy) is 1. The Hall–Kier alpha value is -2.82. The number of oxazole rings is 1. The lowest BCUT2D eigenvalue weighted by Crippen LogP contribution is -2.23. The van der Waals surface area contributed by atoms with Crippen LogP contribution in [0.1, 0.15) is 28.7 Å². The van der Waals surface area contributed by atoms with Gasteiger partial charge in [-0.1, -0.05) is 30.3 Å². The number of alkyl carbamates (subject to hydrolysis) is 1. The van der Waals surface area contributed by atoms with E-state index in [1.54, 1.807) is 0 Å². The van der Waals surface area contributed by atoms with Crippen molar-refractivity contribution in [2.75, 3.05) is 7.05 Å². The molecule has 0 aliphatic heterocycles. The number of rotatable bonds is 3. The highest BCUT2D eigenvalue weighted by molar-refractivity contribution is 5.73. The van der Waals surface area contributed by atoms with Crippen LogP contribution in [0.2, 0.25) is 0 Å². The fourth-order valence-corrected chi connectivity index (χ4v) is 2.46. The van der Waals surface area contributed by atoms with Gasteiger partial charge in [-0.05, 0) is 37.1 Å². The molecule has 118 valence electrons. The smallest absolute Gasteiger partial charge is 0.408 e. The maximum Gasteiger partial charge on any atom is 0.408 e. The molecule has 2 aromatic carbocycles. The minimum atomic E-state index is -0.691. The first kappa shape index (κ1) is 15.1. The van der Waals surface area contributed by atoms with Gasteiger partial charge in [-0.15, -0.1) is 0 Å². The van der Waals surface area contributed by atoms with Crippen LogP contribution in [-0.4, -0.2) is 18.1 Å². The Labute approximate surface area is 134 Å². The van der Waals surface area contributed by atoms with Crippen LogP contribution in [0.25, 0.3) is 11.1 Å². The molecule has 5 heteroatoms. The van der Waals surface area contributed by atoms with Crippen molar-refractivity contribution in [1.29, 1.82) is 0 Å². The Bertz CT molecular complexity index is 854. The van der Waals surface area contributed by atoms with Crippen molar-refractivity contribution < 1.29 is 13.9 Å². The molecule has 1 unspecified atom stereocenters. The van der Waals surface area contributed by atoms with Gasteiger partial charge in [0.15, 0.2) is 5.58 Å². The Morgan fingerprint density at radius 2 is 2.00 bits per heavy atom. The van der Waals surface area contributed by atoms with E-state index >= 15 is 0 Å². The molecule has 0 aliphatic rings. The van der Waals surface area contributed by atoms with Crippen molar-refractivity contribution in [1.82, 2.24) is 10.3 Å². The number of hydrogen-bond donors (Lipinski definition) is 1. The first-order valence-corrected chi connectivity index (χ1v) is 7.39. The van der Waals surface area contributed by atoms with Crippen molar-refractivity contribution in [3.8, 4) is 0 Å². The zero-order chi connectivity index (χ0) is 16.4. The Morgan fingerprint density at radius 3 is 2.74 bits per heavy atom. The molecular weight excluding hydrogens is 292 g/mol. The predicted octanol–water partition coefficient (Wildman–Crippen LogP) is 3.89. The molecule has 0 bridgehead atoms. The second-order valence-corrected chi connectivity index (χ2v) is 5.42. The summed E-state index contributed by atoms with van der Waals surface area (Å²) in [6.07, 6.45) is -1.22. The number of nitrogens with one attached hydrogen (secondary N) is 1. The highest BCUT2D eigenvalue weighted by atomic mass is 16.6. The average Bonchev–Trinajstić information content (AvgIpc) is 2.96. The van der Waals surface area contributed by atoms with Gasteiger partial charge in [0.2, 0.25) is 12.0 Å². The average molecular weight is 310 g/mol. The van der Waals surface area contributed by atoms with Gasteiger partial charge in [0.1, 0.15) is 5.52 Å². The summed E-state index contributed by atoms with van der Waals surface area (Å²) in [5, 5.41) is 2.47. The quantitative estimate of drug-likeness (QED) is 0.797. The van der Waals surface area contributed by atoms with E-state index < -0.39 is 12.2 Å². The molecule has 0 aliphatic carbocycles. The fourth-order valence-electron chi connectivity index (χ4n) is 2.46. The Kier molecular flexibility index (Phi) is 4.02. The third-order valence-corrected chi connectivity index (χ3v) is 3.68. The second-order valence-electron chi connectivity index (χ2n) is 5.42. The summed E-state index contributed by atoms with van der Waals surface area (Å²) in [5.74, 6) is 0.364. The summed E-state index contributed by atoms with van der Waals surface area (Å²) in [5.41, 5.74) is 4.36. The van der Waals surface area contributed by atoms with Crippen LogP contribution in [0, 0.1) is 13.8 Å². The molecular formula is C18H18N2O3. The zero-order valence-corrected chi connectivity index (χ0v) is 13.3. The van der Waals surface area contributed by atoms with E-state index in [1.165, 1.54) is 7.05 Å².